The van der Waals surface area contributed by atoms with Gasteiger partial charge in [-0.3, -0.25) is 9.11 Å². The molecule has 3 aromatic rings. The number of aromatic hydroxyl groups is 1. The Hall–Kier alpha value is -2.86. The second-order valence-corrected chi connectivity index (χ2v) is 8.90. The van der Waals surface area contributed by atoms with E-state index >= 15 is 0 Å². The smallest absolute Gasteiger partial charge is 0.294 e. The topological polar surface area (TPSA) is 167 Å². The van der Waals surface area contributed by atoms with Crippen LogP contribution in [0.15, 0.2) is 58.3 Å². The fourth-order valence-corrected chi connectivity index (χ4v) is 3.79. The quantitative estimate of drug-likeness (QED) is 0.305. The number of hydrogen-bond donors (Lipinski definition) is 5. The molecule has 0 fully saturated rings. The first-order chi connectivity index (χ1) is 12.9. The number of phenolic OH excluding ortho intramolecular Hbond substituents is 1. The molecule has 0 saturated heterocycles. The number of nitrogen functional groups attached to an aromatic ring is 1. The van der Waals surface area contributed by atoms with Gasteiger partial charge in [0.2, 0.25) is 0 Å². The summed E-state index contributed by atoms with van der Waals surface area (Å²) in [5.41, 5.74) is 7.14. The monoisotopic (exact) mass is 424 g/mol. The highest BCUT2D eigenvalue weighted by Crippen LogP contribution is 2.36. The lowest BCUT2D eigenvalue weighted by Crippen LogP contribution is -2.05. The third-order valence-corrected chi connectivity index (χ3v) is 5.70. The molecule has 0 unspecified atom stereocenters. The van der Waals surface area contributed by atoms with Gasteiger partial charge >= 0.3 is 0 Å². The molecule has 0 aromatic heterocycles. The number of nitrogens with one attached hydrogen (secondary N) is 1. The molecule has 11 heteroatoms. The zero-order chi connectivity index (χ0) is 20.7. The van der Waals surface area contributed by atoms with E-state index in [1.54, 1.807) is 24.3 Å². The van der Waals surface area contributed by atoms with E-state index in [4.69, 9.17) is 5.73 Å². The Morgan fingerprint density at radius 1 is 0.857 bits per heavy atom. The molecule has 0 atom stereocenters. The van der Waals surface area contributed by atoms with E-state index in [9.17, 15) is 31.0 Å². The van der Waals surface area contributed by atoms with E-state index in [1.165, 1.54) is 0 Å². The van der Waals surface area contributed by atoms with E-state index < -0.39 is 35.8 Å². The van der Waals surface area contributed by atoms with Gasteiger partial charge in [0.15, 0.2) is 0 Å². The minimum absolute atomic E-state index is 0.0115. The van der Waals surface area contributed by atoms with Crippen molar-refractivity contribution in [3.8, 4) is 5.75 Å². The Bertz CT molecular complexity index is 1260. The van der Waals surface area contributed by atoms with Crippen LogP contribution in [-0.2, 0) is 26.8 Å². The van der Waals surface area contributed by atoms with Crippen LogP contribution in [0.2, 0.25) is 0 Å². The number of benzene rings is 3. The molecule has 0 aliphatic rings. The van der Waals surface area contributed by atoms with Gasteiger partial charge in [0.05, 0.1) is 9.79 Å². The molecule has 9 nitrogen and oxygen atoms in total. The minimum atomic E-state index is -4.64. The maximum atomic E-state index is 11.6. The SMILES string of the molecule is Nc1ccc(CNc2cc(S(=O)(=O)O)cc3cc(S(=O)(=O)O)cc(O)c23)cc1. The predicted molar refractivity (Wildman–Crippen MR) is 103 cm³/mol. The summed E-state index contributed by atoms with van der Waals surface area (Å²) in [6, 6.07) is 10.8. The van der Waals surface area contributed by atoms with E-state index in [2.05, 4.69) is 5.32 Å². The van der Waals surface area contributed by atoms with Crippen LogP contribution < -0.4 is 11.1 Å². The van der Waals surface area contributed by atoms with E-state index in [1.807, 2.05) is 0 Å². The average molecular weight is 424 g/mol. The first kappa shape index (κ1) is 19.9. The maximum Gasteiger partial charge on any atom is 0.294 e. The number of anilines is 2. The van der Waals surface area contributed by atoms with Crippen molar-refractivity contribution in [2.45, 2.75) is 16.3 Å². The summed E-state index contributed by atoms with van der Waals surface area (Å²) in [6.45, 7) is 0.226. The molecule has 0 spiro atoms. The molecule has 148 valence electrons. The molecular weight excluding hydrogens is 408 g/mol. The minimum Gasteiger partial charge on any atom is -0.507 e. The highest BCUT2D eigenvalue weighted by molar-refractivity contribution is 7.86. The van der Waals surface area contributed by atoms with Crippen molar-refractivity contribution in [1.82, 2.24) is 0 Å². The summed E-state index contributed by atoms with van der Waals surface area (Å²) in [5, 5.41) is 13.3. The summed E-state index contributed by atoms with van der Waals surface area (Å²) in [6.07, 6.45) is 0. The normalized spacial score (nSPS) is 12.2. The summed E-state index contributed by atoms with van der Waals surface area (Å²) < 4.78 is 64.6. The first-order valence-corrected chi connectivity index (χ1v) is 10.7. The van der Waals surface area contributed by atoms with Crippen LogP contribution in [0.3, 0.4) is 0 Å². The molecule has 0 bridgehead atoms. The van der Waals surface area contributed by atoms with Crippen LogP contribution in [0.4, 0.5) is 11.4 Å². The number of nitrogens with two attached hydrogens (primary N) is 1. The Morgan fingerprint density at radius 3 is 1.93 bits per heavy atom. The van der Waals surface area contributed by atoms with Gasteiger partial charge in [0.25, 0.3) is 20.2 Å². The van der Waals surface area contributed by atoms with Crippen LogP contribution in [0.25, 0.3) is 10.8 Å². The molecule has 0 radical (unpaired) electrons. The Balaban J connectivity index is 2.17. The Kier molecular flexibility index (Phi) is 4.93. The van der Waals surface area contributed by atoms with Crippen LogP contribution in [-0.4, -0.2) is 31.0 Å². The van der Waals surface area contributed by atoms with Gasteiger partial charge in [0.1, 0.15) is 5.75 Å². The average Bonchev–Trinajstić information content (AvgIpc) is 2.59. The number of hydrogen-bond acceptors (Lipinski definition) is 7. The van der Waals surface area contributed by atoms with Gasteiger partial charge in [-0.15, -0.1) is 0 Å². The van der Waals surface area contributed by atoms with Crippen molar-refractivity contribution >= 4 is 42.4 Å². The van der Waals surface area contributed by atoms with Gasteiger partial charge < -0.3 is 16.2 Å². The number of fused-ring (bicyclic) bond motifs is 1. The molecule has 6 N–H and O–H groups in total. The molecule has 3 aromatic carbocycles. The van der Waals surface area contributed by atoms with Crippen molar-refractivity contribution in [2.75, 3.05) is 11.1 Å². The van der Waals surface area contributed by atoms with Gasteiger partial charge in [-0.25, -0.2) is 0 Å². The van der Waals surface area contributed by atoms with Crippen molar-refractivity contribution < 1.29 is 31.0 Å². The highest BCUT2D eigenvalue weighted by Gasteiger charge is 2.19. The number of phenols is 1. The molecule has 0 saturated carbocycles. The highest BCUT2D eigenvalue weighted by atomic mass is 32.2. The Labute approximate surface area is 160 Å². The third kappa shape index (κ3) is 4.17. The van der Waals surface area contributed by atoms with Crippen LogP contribution in [0.5, 0.6) is 5.75 Å². The molecule has 3 rings (SSSR count). The maximum absolute atomic E-state index is 11.6. The predicted octanol–water partition coefficient (Wildman–Crippen LogP) is 2.23. The van der Waals surface area contributed by atoms with Crippen molar-refractivity contribution in [3.05, 3.63) is 54.1 Å². The van der Waals surface area contributed by atoms with Gasteiger partial charge in [-0.2, -0.15) is 16.8 Å². The summed E-state index contributed by atoms with van der Waals surface area (Å²) in [5.74, 6) is -0.494. The first-order valence-electron chi connectivity index (χ1n) is 7.79. The van der Waals surface area contributed by atoms with Crippen LogP contribution in [0, 0.1) is 0 Å². The van der Waals surface area contributed by atoms with E-state index in [0.29, 0.717) is 5.69 Å². The zero-order valence-corrected chi connectivity index (χ0v) is 15.8. The summed E-state index contributed by atoms with van der Waals surface area (Å²) in [4.78, 5) is -1.12. The fraction of sp³-hybridized carbons (Fsp3) is 0.0588. The molecular formula is C17H16N2O7S2. The molecule has 0 amide bonds. The number of rotatable bonds is 5. The fourth-order valence-electron chi connectivity index (χ4n) is 2.71. The van der Waals surface area contributed by atoms with E-state index in [0.717, 1.165) is 29.8 Å². The van der Waals surface area contributed by atoms with Gasteiger partial charge in [-0.05, 0) is 41.3 Å². The largest absolute Gasteiger partial charge is 0.507 e. The Morgan fingerprint density at radius 2 is 1.39 bits per heavy atom. The zero-order valence-electron chi connectivity index (χ0n) is 14.2. The third-order valence-electron chi connectivity index (χ3n) is 4.03. The lowest BCUT2D eigenvalue weighted by Gasteiger charge is -2.14. The standard InChI is InChI=1S/C17H16N2O7S2/c18-12-3-1-10(2-4-12)9-19-15-7-13(27(21,22)23)5-11-6-14(28(24,25)26)8-16(20)17(11)15/h1-8,19-20H,9,18H2,(H,21,22,23)(H,24,25,26). The van der Waals surface area contributed by atoms with Gasteiger partial charge in [0, 0.05) is 29.4 Å². The van der Waals surface area contributed by atoms with Crippen molar-refractivity contribution in [3.63, 3.8) is 0 Å². The summed E-state index contributed by atoms with van der Waals surface area (Å²) >= 11 is 0. The van der Waals surface area contributed by atoms with Crippen LogP contribution >= 0.6 is 0 Å². The lowest BCUT2D eigenvalue weighted by molar-refractivity contribution is 0.471. The van der Waals surface area contributed by atoms with Crippen molar-refractivity contribution in [1.29, 1.82) is 0 Å². The molecule has 0 heterocycles. The van der Waals surface area contributed by atoms with Crippen molar-refractivity contribution in [2.24, 2.45) is 0 Å². The second kappa shape index (κ2) is 6.95. The molecule has 28 heavy (non-hydrogen) atoms. The van der Waals surface area contributed by atoms with Crippen LogP contribution in [0.1, 0.15) is 5.56 Å². The second-order valence-electron chi connectivity index (χ2n) is 6.06. The summed E-state index contributed by atoms with van der Waals surface area (Å²) in [7, 11) is -9.26. The van der Waals surface area contributed by atoms with Gasteiger partial charge in [-0.1, -0.05) is 12.1 Å². The van der Waals surface area contributed by atoms with E-state index in [-0.39, 0.29) is 23.0 Å². The molecule has 0 aliphatic carbocycles. The molecule has 0 aliphatic heterocycles. The lowest BCUT2D eigenvalue weighted by atomic mass is 10.1.